The number of hydrogen-bond donors (Lipinski definition) is 10. The summed E-state index contributed by atoms with van der Waals surface area (Å²) in [4.78, 5) is 109. The van der Waals surface area contributed by atoms with E-state index in [0.717, 1.165) is 0 Å². The number of hydrogen-bond acceptors (Lipinski definition) is 10. The number of benzene rings is 1. The Morgan fingerprint density at radius 1 is 0.609 bits per heavy atom. The van der Waals surface area contributed by atoms with Crippen molar-refractivity contribution in [3.05, 3.63) is 35.9 Å². The average Bonchev–Trinajstić information content (AvgIpc) is 2.95. The van der Waals surface area contributed by atoms with Crippen LogP contribution in [0.25, 0.3) is 0 Å². The van der Waals surface area contributed by atoms with E-state index in [1.807, 2.05) is 0 Å². The first-order chi connectivity index (χ1) is 21.4. The predicted octanol–water partition coefficient (Wildman–Crippen LogP) is -4.67. The lowest BCUT2D eigenvalue weighted by Gasteiger charge is -2.24. The quantitative estimate of drug-likeness (QED) is 0.0675. The number of primary amides is 2. The second-order valence-corrected chi connectivity index (χ2v) is 10.2. The Morgan fingerprint density at radius 2 is 1.07 bits per heavy atom. The molecule has 6 atom stereocenters. The summed E-state index contributed by atoms with van der Waals surface area (Å²) in [6, 6.07) is -0.550. The highest BCUT2D eigenvalue weighted by atomic mass is 16.4. The van der Waals surface area contributed by atoms with Crippen molar-refractivity contribution in [1.82, 2.24) is 26.6 Å². The summed E-state index contributed by atoms with van der Waals surface area (Å²) in [6.45, 7) is 2.45. The maximum absolute atomic E-state index is 13.0. The summed E-state index contributed by atoms with van der Waals surface area (Å²) in [5.74, 6) is -9.81. The molecule has 0 aliphatic rings. The van der Waals surface area contributed by atoms with Gasteiger partial charge in [0.2, 0.25) is 41.4 Å². The summed E-state index contributed by atoms with van der Waals surface area (Å²) < 4.78 is 0. The molecule has 19 nitrogen and oxygen atoms in total. The smallest absolute Gasteiger partial charge is 0.326 e. The topological polar surface area (TPSA) is 332 Å². The Labute approximate surface area is 262 Å². The molecule has 0 aliphatic carbocycles. The van der Waals surface area contributed by atoms with E-state index in [9.17, 15) is 48.3 Å². The third kappa shape index (κ3) is 13.8. The third-order valence-corrected chi connectivity index (χ3v) is 6.21. The van der Waals surface area contributed by atoms with Crippen LogP contribution in [0.5, 0.6) is 0 Å². The Kier molecular flexibility index (Phi) is 15.3. The first-order valence-corrected chi connectivity index (χ1v) is 13.7. The molecule has 0 radical (unpaired) electrons. The van der Waals surface area contributed by atoms with E-state index in [1.54, 1.807) is 30.3 Å². The number of carboxylic acids is 2. The largest absolute Gasteiger partial charge is 0.481 e. The minimum atomic E-state index is -1.69. The lowest BCUT2D eigenvalue weighted by Crippen LogP contribution is -2.58. The molecule has 0 saturated heterocycles. The molecule has 252 valence electrons. The summed E-state index contributed by atoms with van der Waals surface area (Å²) in [5.41, 5.74) is 16.1. The van der Waals surface area contributed by atoms with E-state index in [4.69, 9.17) is 22.3 Å². The van der Waals surface area contributed by atoms with E-state index >= 15 is 0 Å². The van der Waals surface area contributed by atoms with Gasteiger partial charge in [-0.1, -0.05) is 30.3 Å². The van der Waals surface area contributed by atoms with Gasteiger partial charge in [-0.3, -0.25) is 38.4 Å². The molecule has 0 aliphatic heterocycles. The van der Waals surface area contributed by atoms with Crippen molar-refractivity contribution in [3.63, 3.8) is 0 Å². The molecule has 13 N–H and O–H groups in total. The molecular formula is C27H38N8O11. The molecule has 0 fully saturated rings. The Morgan fingerprint density at radius 3 is 1.57 bits per heavy atom. The minimum Gasteiger partial charge on any atom is -0.481 e. The number of carbonyl (C=O) groups excluding carboxylic acids is 7. The SMILES string of the molecule is C[C@H](NC(=O)[C@H](C)NC(=O)[C@H](CC(=O)O)NC(=O)[C@@H](N)CC(N)=O)C(=O)N[C@@H](Cc1ccccc1)C(=O)N[C@@H](CC(N)=O)C(=O)O. The molecule has 0 bridgehead atoms. The fraction of sp³-hybridized carbons (Fsp3) is 0.444. The summed E-state index contributed by atoms with van der Waals surface area (Å²) in [7, 11) is 0. The summed E-state index contributed by atoms with van der Waals surface area (Å²) in [5, 5.41) is 29.6. The van der Waals surface area contributed by atoms with E-state index in [2.05, 4.69) is 26.6 Å². The lowest BCUT2D eigenvalue weighted by atomic mass is 10.0. The number of carboxylic acid groups (broad SMARTS) is 2. The Hall–Kier alpha value is -5.59. The maximum Gasteiger partial charge on any atom is 0.326 e. The fourth-order valence-electron chi connectivity index (χ4n) is 3.78. The fourth-order valence-corrected chi connectivity index (χ4v) is 3.78. The molecule has 46 heavy (non-hydrogen) atoms. The van der Waals surface area contributed by atoms with Gasteiger partial charge in [0.05, 0.1) is 25.3 Å². The number of amides is 7. The number of rotatable bonds is 19. The van der Waals surface area contributed by atoms with Crippen LogP contribution in [0.15, 0.2) is 30.3 Å². The highest BCUT2D eigenvalue weighted by Gasteiger charge is 2.31. The van der Waals surface area contributed by atoms with Crippen molar-refractivity contribution in [3.8, 4) is 0 Å². The molecule has 0 unspecified atom stereocenters. The van der Waals surface area contributed by atoms with Gasteiger partial charge < -0.3 is 54.0 Å². The molecule has 0 aromatic heterocycles. The molecule has 1 aromatic rings. The van der Waals surface area contributed by atoms with Gasteiger partial charge >= 0.3 is 11.9 Å². The first-order valence-electron chi connectivity index (χ1n) is 13.7. The van der Waals surface area contributed by atoms with Crippen LogP contribution >= 0.6 is 0 Å². The van der Waals surface area contributed by atoms with E-state index in [-0.39, 0.29) is 6.42 Å². The van der Waals surface area contributed by atoms with Gasteiger partial charge in [-0.15, -0.1) is 0 Å². The normalized spacial score (nSPS) is 14.5. The molecule has 7 amide bonds. The number of carbonyl (C=O) groups is 9. The molecule has 0 saturated carbocycles. The third-order valence-electron chi connectivity index (χ3n) is 6.21. The molecule has 0 spiro atoms. The van der Waals surface area contributed by atoms with Crippen molar-refractivity contribution >= 4 is 53.3 Å². The van der Waals surface area contributed by atoms with Crippen LogP contribution in [0.3, 0.4) is 0 Å². The number of nitrogens with one attached hydrogen (secondary N) is 5. The van der Waals surface area contributed by atoms with Crippen LogP contribution in [0.1, 0.15) is 38.7 Å². The minimum absolute atomic E-state index is 0.103. The molecular weight excluding hydrogens is 612 g/mol. The van der Waals surface area contributed by atoms with Crippen molar-refractivity contribution in [2.24, 2.45) is 17.2 Å². The van der Waals surface area contributed by atoms with Crippen LogP contribution in [0.2, 0.25) is 0 Å². The van der Waals surface area contributed by atoms with Crippen molar-refractivity contribution < 1.29 is 53.4 Å². The second kappa shape index (κ2) is 18.3. The van der Waals surface area contributed by atoms with E-state index in [0.29, 0.717) is 5.56 Å². The average molecular weight is 651 g/mol. The van der Waals surface area contributed by atoms with Gasteiger partial charge in [-0.05, 0) is 19.4 Å². The Balaban J connectivity index is 2.95. The zero-order valence-electron chi connectivity index (χ0n) is 25.0. The van der Waals surface area contributed by atoms with Crippen LogP contribution in [-0.2, 0) is 49.6 Å². The van der Waals surface area contributed by atoms with Crippen LogP contribution in [-0.4, -0.2) is 99.8 Å². The van der Waals surface area contributed by atoms with Crippen molar-refractivity contribution in [2.75, 3.05) is 0 Å². The standard InChI is InChI=1S/C27H38N8O11/c1-12(32-25(43)17(11-21(38)39)34-24(42)15(28)9-19(29)36)22(40)31-13(2)23(41)33-16(8-14-6-4-3-5-7-14)26(44)35-18(27(45)46)10-20(30)37/h3-7,12-13,15-18H,8-11,28H2,1-2H3,(H2,29,36)(H2,30,37)(H,31,40)(H,32,43)(H,33,41)(H,34,42)(H,35,44)(H,38,39)(H,45,46)/t12-,13-,15-,16-,17-,18-/m0/s1. The highest BCUT2D eigenvalue weighted by Crippen LogP contribution is 2.06. The van der Waals surface area contributed by atoms with Gasteiger partial charge in [0.25, 0.3) is 0 Å². The zero-order chi connectivity index (χ0) is 35.1. The van der Waals surface area contributed by atoms with Crippen molar-refractivity contribution in [2.45, 2.75) is 75.8 Å². The highest BCUT2D eigenvalue weighted by molar-refractivity contribution is 5.97. The lowest BCUT2D eigenvalue weighted by molar-refractivity contribution is -0.143. The van der Waals surface area contributed by atoms with Gasteiger partial charge in [-0.25, -0.2) is 4.79 Å². The molecule has 1 aromatic carbocycles. The van der Waals surface area contributed by atoms with Gasteiger partial charge in [0, 0.05) is 6.42 Å². The molecule has 0 heterocycles. The van der Waals surface area contributed by atoms with Gasteiger partial charge in [0.15, 0.2) is 0 Å². The molecule has 19 heteroatoms. The van der Waals surface area contributed by atoms with Crippen LogP contribution in [0.4, 0.5) is 0 Å². The first kappa shape index (κ1) is 38.4. The predicted molar refractivity (Wildman–Crippen MR) is 157 cm³/mol. The van der Waals surface area contributed by atoms with Gasteiger partial charge in [0.1, 0.15) is 30.2 Å². The summed E-state index contributed by atoms with van der Waals surface area (Å²) in [6.07, 6.45) is -2.29. The number of aliphatic carboxylic acids is 2. The monoisotopic (exact) mass is 650 g/mol. The van der Waals surface area contributed by atoms with E-state index < -0.39 is 109 Å². The zero-order valence-corrected chi connectivity index (χ0v) is 25.0. The second-order valence-electron chi connectivity index (χ2n) is 10.2. The Bertz CT molecular complexity index is 1320. The number of nitrogens with two attached hydrogens (primary N) is 3. The summed E-state index contributed by atoms with van der Waals surface area (Å²) >= 11 is 0. The van der Waals surface area contributed by atoms with Gasteiger partial charge in [-0.2, -0.15) is 0 Å². The van der Waals surface area contributed by atoms with Crippen LogP contribution in [0, 0.1) is 0 Å². The van der Waals surface area contributed by atoms with E-state index in [1.165, 1.54) is 13.8 Å². The van der Waals surface area contributed by atoms with Crippen LogP contribution < -0.4 is 43.8 Å². The molecule has 1 rings (SSSR count). The van der Waals surface area contributed by atoms with Crippen molar-refractivity contribution in [1.29, 1.82) is 0 Å². The maximum atomic E-state index is 13.0.